The van der Waals surface area contributed by atoms with Crippen LogP contribution in [0.4, 0.5) is 23.7 Å². The first-order chi connectivity index (χ1) is 16.4. The highest BCUT2D eigenvalue weighted by Gasteiger charge is 2.40. The summed E-state index contributed by atoms with van der Waals surface area (Å²) in [4.78, 5) is 14.3. The smallest absolute Gasteiger partial charge is 0.388 e. The van der Waals surface area contributed by atoms with Crippen molar-refractivity contribution in [2.24, 2.45) is 11.3 Å². The lowest BCUT2D eigenvalue weighted by Crippen LogP contribution is -2.45. The number of halogens is 4. The van der Waals surface area contributed by atoms with Crippen LogP contribution in [0.3, 0.4) is 0 Å². The van der Waals surface area contributed by atoms with E-state index in [1.165, 1.54) is 19.1 Å². The number of carbonyl (C=O) groups excluding carboxylic acids is 1. The Bertz CT molecular complexity index is 1230. The van der Waals surface area contributed by atoms with Gasteiger partial charge in [0.25, 0.3) is 0 Å². The molecule has 1 saturated heterocycles. The Morgan fingerprint density at radius 1 is 1.23 bits per heavy atom. The largest absolute Gasteiger partial charge is 0.416 e. The van der Waals surface area contributed by atoms with E-state index < -0.39 is 29.3 Å². The molecule has 3 N–H and O–H groups in total. The number of aromatic nitrogens is 2. The highest BCUT2D eigenvalue weighted by molar-refractivity contribution is 6.31. The number of anilines is 1. The number of alkyl halides is 3. The molecule has 2 aromatic carbocycles. The average Bonchev–Trinajstić information content (AvgIpc) is 3.27. The number of nitrogens with zero attached hydrogens (tertiary/aromatic N) is 2. The van der Waals surface area contributed by atoms with Gasteiger partial charge in [-0.1, -0.05) is 31.5 Å². The van der Waals surface area contributed by atoms with Gasteiger partial charge in [0.1, 0.15) is 0 Å². The number of aliphatic hydroxyl groups is 1. The van der Waals surface area contributed by atoms with Gasteiger partial charge < -0.3 is 15.3 Å². The lowest BCUT2D eigenvalue weighted by molar-refractivity contribution is -0.138. The molecule has 3 aromatic rings. The zero-order chi connectivity index (χ0) is 25.5. The summed E-state index contributed by atoms with van der Waals surface area (Å²) < 4.78 is 39.6. The number of carbonyl (C=O) groups is 1. The van der Waals surface area contributed by atoms with Crippen molar-refractivity contribution >= 4 is 34.2 Å². The number of aromatic amines is 1. The second-order valence-corrected chi connectivity index (χ2v) is 10.2. The first-order valence-corrected chi connectivity index (χ1v) is 11.8. The van der Waals surface area contributed by atoms with Gasteiger partial charge >= 0.3 is 12.2 Å². The van der Waals surface area contributed by atoms with Gasteiger partial charge in [-0.15, -0.1) is 0 Å². The molecule has 0 saturated carbocycles. The quantitative estimate of drug-likeness (QED) is 0.374. The van der Waals surface area contributed by atoms with E-state index in [4.69, 9.17) is 11.6 Å². The van der Waals surface area contributed by atoms with Crippen molar-refractivity contribution in [1.29, 1.82) is 0 Å². The van der Waals surface area contributed by atoms with Crippen molar-refractivity contribution < 1.29 is 23.1 Å². The van der Waals surface area contributed by atoms with E-state index in [-0.39, 0.29) is 17.2 Å². The summed E-state index contributed by atoms with van der Waals surface area (Å²) in [6.45, 7) is 6.23. The summed E-state index contributed by atoms with van der Waals surface area (Å²) in [7, 11) is 0. The van der Waals surface area contributed by atoms with Crippen LogP contribution in [0.1, 0.15) is 49.5 Å². The van der Waals surface area contributed by atoms with Crippen LogP contribution in [0.25, 0.3) is 10.9 Å². The molecule has 0 aliphatic carbocycles. The van der Waals surface area contributed by atoms with Gasteiger partial charge in [-0.2, -0.15) is 18.3 Å². The van der Waals surface area contributed by atoms with Crippen LogP contribution < -0.4 is 5.32 Å². The summed E-state index contributed by atoms with van der Waals surface area (Å²) in [5, 5.41) is 22.2. The van der Waals surface area contributed by atoms with Crippen LogP contribution in [-0.2, 0) is 6.18 Å². The number of hydrogen-bond donors (Lipinski definition) is 3. The molecule has 10 heteroatoms. The molecule has 2 amide bonds. The predicted molar refractivity (Wildman–Crippen MR) is 129 cm³/mol. The SMILES string of the molecule is Cc1ccc(NC(=O)N2CCC(C(C)(C)C(O)c3cc(Cl)cc4cn[nH]c34)CC2)cc1C(F)(F)F. The number of amides is 2. The summed E-state index contributed by atoms with van der Waals surface area (Å²) in [5.41, 5.74) is 0.332. The van der Waals surface area contributed by atoms with Crippen molar-refractivity contribution in [3.63, 3.8) is 0 Å². The molecule has 0 spiro atoms. The maximum Gasteiger partial charge on any atom is 0.416 e. The molecule has 4 rings (SSSR count). The van der Waals surface area contributed by atoms with Gasteiger partial charge in [-0.05, 0) is 60.9 Å². The topological polar surface area (TPSA) is 81.2 Å². The van der Waals surface area contributed by atoms with Crippen molar-refractivity contribution in [2.75, 3.05) is 18.4 Å². The zero-order valence-corrected chi connectivity index (χ0v) is 20.5. The molecule has 1 atom stereocenters. The molecule has 1 unspecified atom stereocenters. The molecule has 1 fully saturated rings. The van der Waals surface area contributed by atoms with Crippen molar-refractivity contribution in [2.45, 2.75) is 45.9 Å². The van der Waals surface area contributed by atoms with Crippen molar-refractivity contribution in [3.8, 4) is 0 Å². The minimum Gasteiger partial charge on any atom is -0.388 e. The van der Waals surface area contributed by atoms with E-state index >= 15 is 0 Å². The summed E-state index contributed by atoms with van der Waals surface area (Å²) in [6.07, 6.45) is -2.35. The van der Waals surface area contributed by atoms with Crippen LogP contribution in [0, 0.1) is 18.3 Å². The molecule has 188 valence electrons. The molecular weight excluding hydrogens is 481 g/mol. The number of benzene rings is 2. The summed E-state index contributed by atoms with van der Waals surface area (Å²) in [6, 6.07) is 6.87. The maximum atomic E-state index is 13.2. The molecular formula is C25H28ClF3N4O2. The molecule has 1 aliphatic rings. The van der Waals surface area contributed by atoms with Gasteiger partial charge in [0, 0.05) is 34.7 Å². The first-order valence-electron chi connectivity index (χ1n) is 11.4. The van der Waals surface area contributed by atoms with E-state index in [1.807, 2.05) is 13.8 Å². The normalized spacial score (nSPS) is 16.5. The minimum atomic E-state index is -4.49. The molecule has 2 heterocycles. The number of hydrogen-bond acceptors (Lipinski definition) is 3. The monoisotopic (exact) mass is 508 g/mol. The van der Waals surface area contributed by atoms with Gasteiger partial charge in [0.15, 0.2) is 0 Å². The Labute approximate surface area is 206 Å². The maximum absolute atomic E-state index is 13.2. The fourth-order valence-electron chi connectivity index (χ4n) is 4.92. The molecule has 0 radical (unpaired) electrons. The molecule has 0 bridgehead atoms. The van der Waals surface area contributed by atoms with Crippen LogP contribution in [-0.4, -0.2) is 39.3 Å². The van der Waals surface area contributed by atoms with Gasteiger partial charge in [-0.25, -0.2) is 4.79 Å². The third-order valence-electron chi connectivity index (χ3n) is 7.17. The minimum absolute atomic E-state index is 0.101. The number of fused-ring (bicyclic) bond motifs is 1. The second-order valence-electron chi connectivity index (χ2n) is 9.77. The Morgan fingerprint density at radius 3 is 2.57 bits per heavy atom. The van der Waals surface area contributed by atoms with E-state index in [1.54, 1.807) is 23.2 Å². The lowest BCUT2D eigenvalue weighted by atomic mass is 9.68. The lowest BCUT2D eigenvalue weighted by Gasteiger charge is -2.43. The molecule has 35 heavy (non-hydrogen) atoms. The van der Waals surface area contributed by atoms with Gasteiger partial charge in [0.05, 0.1) is 23.4 Å². The zero-order valence-electron chi connectivity index (χ0n) is 19.7. The number of piperidine rings is 1. The fraction of sp³-hybridized carbons (Fsp3) is 0.440. The Morgan fingerprint density at radius 2 is 1.91 bits per heavy atom. The first kappa shape index (κ1) is 25.3. The van der Waals surface area contributed by atoms with Gasteiger partial charge in [-0.3, -0.25) is 5.10 Å². The average molecular weight is 509 g/mol. The number of H-pyrrole nitrogens is 1. The number of likely N-dealkylation sites (tertiary alicyclic amines) is 1. The Kier molecular flexibility index (Phi) is 6.76. The van der Waals surface area contributed by atoms with Crippen LogP contribution in [0.15, 0.2) is 36.5 Å². The number of rotatable bonds is 4. The molecule has 1 aromatic heterocycles. The van der Waals surface area contributed by atoms with Crippen LogP contribution in [0.2, 0.25) is 5.02 Å². The predicted octanol–water partition coefficient (Wildman–Crippen LogP) is 6.55. The number of aliphatic hydroxyl groups excluding tert-OH is 1. The Hall–Kier alpha value is -2.78. The number of aryl methyl sites for hydroxylation is 1. The third-order valence-corrected chi connectivity index (χ3v) is 7.39. The van der Waals surface area contributed by atoms with Gasteiger partial charge in [0.2, 0.25) is 0 Å². The van der Waals surface area contributed by atoms with Crippen molar-refractivity contribution in [3.05, 3.63) is 58.2 Å². The second kappa shape index (κ2) is 9.35. The fourth-order valence-corrected chi connectivity index (χ4v) is 5.16. The van der Waals surface area contributed by atoms with Crippen molar-refractivity contribution in [1.82, 2.24) is 15.1 Å². The highest BCUT2D eigenvalue weighted by Crippen LogP contribution is 2.46. The number of urea groups is 1. The van der Waals surface area contributed by atoms with Crippen LogP contribution in [0.5, 0.6) is 0 Å². The highest BCUT2D eigenvalue weighted by atomic mass is 35.5. The number of nitrogens with one attached hydrogen (secondary N) is 2. The Balaban J connectivity index is 1.42. The van der Waals surface area contributed by atoms with E-state index in [0.29, 0.717) is 36.5 Å². The van der Waals surface area contributed by atoms with Crippen LogP contribution >= 0.6 is 11.6 Å². The summed E-state index contributed by atoms with van der Waals surface area (Å²) >= 11 is 6.26. The van der Waals surface area contributed by atoms with E-state index in [2.05, 4.69) is 15.5 Å². The molecule has 1 aliphatic heterocycles. The third kappa shape index (κ3) is 5.11. The van der Waals surface area contributed by atoms with E-state index in [9.17, 15) is 23.1 Å². The standard InChI is InChI=1S/C25H28ClF3N4O2/c1-14-4-5-18(12-20(14)25(27,28)29)31-23(35)33-8-6-16(7-9-33)24(2,3)22(34)19-11-17(26)10-15-13-30-32-21(15)19/h4-5,10-13,16,22,34H,6-9H2,1-3H3,(H,30,32)(H,31,35). The summed E-state index contributed by atoms with van der Waals surface area (Å²) in [5.74, 6) is 0.106. The molecule has 6 nitrogen and oxygen atoms in total. The van der Waals surface area contributed by atoms with E-state index in [0.717, 1.165) is 17.0 Å².